The fourth-order valence-electron chi connectivity index (χ4n) is 3.41. The Balaban J connectivity index is 1.72. The lowest BCUT2D eigenvalue weighted by molar-refractivity contribution is 0.340. The lowest BCUT2D eigenvalue weighted by Gasteiger charge is -2.19. The van der Waals surface area contributed by atoms with Crippen LogP contribution in [0, 0.1) is 0 Å². The zero-order valence-corrected chi connectivity index (χ0v) is 20.5. The number of thioether (sulfide) groups is 1. The zero-order valence-electron chi connectivity index (χ0n) is 19.7. The van der Waals surface area contributed by atoms with Crippen LogP contribution in [0.4, 0.5) is 11.9 Å². The molecular formula is C24H28N8OS. The van der Waals surface area contributed by atoms with Gasteiger partial charge in [0, 0.05) is 11.3 Å². The van der Waals surface area contributed by atoms with E-state index in [-0.39, 0.29) is 17.3 Å². The van der Waals surface area contributed by atoms with Gasteiger partial charge in [0.1, 0.15) is 11.6 Å². The normalized spacial score (nSPS) is 11.5. The number of hydrogen-bond acceptors (Lipinski definition) is 9. The van der Waals surface area contributed by atoms with Gasteiger partial charge in [0.15, 0.2) is 11.0 Å². The van der Waals surface area contributed by atoms with Gasteiger partial charge in [0.05, 0.1) is 12.4 Å². The highest BCUT2D eigenvalue weighted by molar-refractivity contribution is 7.98. The molecule has 0 saturated heterocycles. The molecule has 9 nitrogen and oxygen atoms in total. The molecule has 0 atom stereocenters. The van der Waals surface area contributed by atoms with Crippen molar-refractivity contribution in [2.24, 2.45) is 0 Å². The van der Waals surface area contributed by atoms with Crippen LogP contribution in [0.25, 0.3) is 17.1 Å². The summed E-state index contributed by atoms with van der Waals surface area (Å²) in [6, 6.07) is 16.3. The van der Waals surface area contributed by atoms with E-state index in [1.165, 1.54) is 17.3 Å². The van der Waals surface area contributed by atoms with Crippen molar-refractivity contribution in [2.45, 2.75) is 44.0 Å². The molecule has 10 heteroatoms. The molecule has 0 fully saturated rings. The van der Waals surface area contributed by atoms with Crippen LogP contribution in [0.15, 0.2) is 53.7 Å². The second-order valence-corrected chi connectivity index (χ2v) is 9.60. The highest BCUT2D eigenvalue weighted by atomic mass is 32.2. The minimum atomic E-state index is 0.0660. The Morgan fingerprint density at radius 1 is 0.882 bits per heavy atom. The van der Waals surface area contributed by atoms with Gasteiger partial charge < -0.3 is 16.2 Å². The molecular weight excluding hydrogens is 448 g/mol. The van der Waals surface area contributed by atoms with E-state index in [4.69, 9.17) is 16.2 Å². The topological polar surface area (TPSA) is 131 Å². The van der Waals surface area contributed by atoms with Crippen molar-refractivity contribution in [3.05, 3.63) is 59.9 Å². The van der Waals surface area contributed by atoms with Crippen LogP contribution >= 0.6 is 11.8 Å². The van der Waals surface area contributed by atoms with Crippen molar-refractivity contribution < 1.29 is 4.74 Å². The number of nitrogens with zero attached hydrogens (tertiary/aromatic N) is 6. The Hall–Kier alpha value is -3.66. The van der Waals surface area contributed by atoms with E-state index in [2.05, 4.69) is 70.2 Å². The average molecular weight is 477 g/mol. The van der Waals surface area contributed by atoms with Gasteiger partial charge in [-0.3, -0.25) is 4.57 Å². The van der Waals surface area contributed by atoms with Gasteiger partial charge in [-0.25, -0.2) is 0 Å². The first kappa shape index (κ1) is 23.5. The third kappa shape index (κ3) is 5.28. The van der Waals surface area contributed by atoms with Crippen molar-refractivity contribution in [3.63, 3.8) is 0 Å². The fraction of sp³-hybridized carbons (Fsp3) is 0.292. The van der Waals surface area contributed by atoms with E-state index in [1.54, 1.807) is 0 Å². The number of rotatable bonds is 7. The summed E-state index contributed by atoms with van der Waals surface area (Å²) in [7, 11) is 0. The summed E-state index contributed by atoms with van der Waals surface area (Å²) in [6.45, 7) is 9.15. The Morgan fingerprint density at radius 3 is 2.12 bits per heavy atom. The van der Waals surface area contributed by atoms with Crippen LogP contribution in [-0.4, -0.2) is 36.3 Å². The molecule has 0 aliphatic carbocycles. The number of aromatic nitrogens is 6. The van der Waals surface area contributed by atoms with Crippen LogP contribution in [0.1, 0.15) is 39.1 Å². The largest absolute Gasteiger partial charge is 0.494 e. The predicted octanol–water partition coefficient (Wildman–Crippen LogP) is 4.27. The van der Waals surface area contributed by atoms with Gasteiger partial charge >= 0.3 is 0 Å². The Kier molecular flexibility index (Phi) is 6.69. The van der Waals surface area contributed by atoms with Crippen LogP contribution in [0.5, 0.6) is 5.75 Å². The maximum atomic E-state index is 5.71. The molecule has 4 N–H and O–H groups in total. The summed E-state index contributed by atoms with van der Waals surface area (Å²) >= 11 is 1.44. The van der Waals surface area contributed by atoms with E-state index < -0.39 is 0 Å². The quantitative estimate of drug-likeness (QED) is 0.375. The van der Waals surface area contributed by atoms with Crippen molar-refractivity contribution in [3.8, 4) is 22.8 Å². The molecule has 2 aromatic heterocycles. The van der Waals surface area contributed by atoms with Crippen molar-refractivity contribution in [1.82, 2.24) is 29.7 Å². The number of ether oxygens (including phenoxy) is 1. The van der Waals surface area contributed by atoms with E-state index in [0.29, 0.717) is 23.3 Å². The molecule has 0 amide bonds. The van der Waals surface area contributed by atoms with Crippen LogP contribution < -0.4 is 16.2 Å². The van der Waals surface area contributed by atoms with Gasteiger partial charge in [-0.1, -0.05) is 56.8 Å². The van der Waals surface area contributed by atoms with E-state index in [0.717, 1.165) is 22.8 Å². The highest BCUT2D eigenvalue weighted by Crippen LogP contribution is 2.31. The Bertz CT molecular complexity index is 1240. The van der Waals surface area contributed by atoms with E-state index in [1.807, 2.05) is 35.8 Å². The fourth-order valence-corrected chi connectivity index (χ4v) is 4.22. The predicted molar refractivity (Wildman–Crippen MR) is 135 cm³/mol. The van der Waals surface area contributed by atoms with E-state index in [9.17, 15) is 0 Å². The minimum Gasteiger partial charge on any atom is -0.494 e. The lowest BCUT2D eigenvalue weighted by Crippen LogP contribution is -2.10. The molecule has 176 valence electrons. The zero-order chi connectivity index (χ0) is 24.3. The van der Waals surface area contributed by atoms with Crippen molar-refractivity contribution >= 4 is 23.7 Å². The van der Waals surface area contributed by atoms with Gasteiger partial charge in [0.2, 0.25) is 11.9 Å². The SMILES string of the molecule is CCOc1ccc(-n2c(SCc3nc(N)nc(N)n3)nnc2-c2ccc(C(C)(C)C)cc2)cc1. The third-order valence-corrected chi connectivity index (χ3v) is 6.02. The molecule has 2 aromatic carbocycles. The van der Waals surface area contributed by atoms with Crippen LogP contribution in [-0.2, 0) is 11.2 Å². The van der Waals surface area contributed by atoms with Crippen LogP contribution in [0.3, 0.4) is 0 Å². The molecule has 0 aliphatic heterocycles. The lowest BCUT2D eigenvalue weighted by atomic mass is 9.87. The molecule has 0 saturated carbocycles. The molecule has 0 spiro atoms. The Morgan fingerprint density at radius 2 is 1.53 bits per heavy atom. The summed E-state index contributed by atoms with van der Waals surface area (Å²) < 4.78 is 7.62. The molecule has 0 unspecified atom stereocenters. The highest BCUT2D eigenvalue weighted by Gasteiger charge is 2.19. The van der Waals surface area contributed by atoms with Gasteiger partial charge in [-0.05, 0) is 42.2 Å². The molecule has 34 heavy (non-hydrogen) atoms. The first-order chi connectivity index (χ1) is 16.2. The number of nitrogen functional groups attached to an aromatic ring is 2. The molecule has 2 heterocycles. The average Bonchev–Trinajstić information content (AvgIpc) is 3.21. The van der Waals surface area contributed by atoms with E-state index >= 15 is 0 Å². The first-order valence-electron chi connectivity index (χ1n) is 10.9. The summed E-state index contributed by atoms with van der Waals surface area (Å²) in [5.41, 5.74) is 14.6. The second kappa shape index (κ2) is 9.68. The molecule has 4 rings (SSSR count). The molecule has 0 aliphatic rings. The summed E-state index contributed by atoms with van der Waals surface area (Å²) in [5.74, 6) is 2.62. The number of nitrogens with two attached hydrogens (primary N) is 2. The molecule has 4 aromatic rings. The summed E-state index contributed by atoms with van der Waals surface area (Å²) in [4.78, 5) is 12.1. The van der Waals surface area contributed by atoms with Crippen molar-refractivity contribution in [1.29, 1.82) is 0 Å². The van der Waals surface area contributed by atoms with Gasteiger partial charge in [0.25, 0.3) is 0 Å². The standard InChI is InChI=1S/C24H28N8OS/c1-5-33-18-12-10-17(11-13-18)32-20(15-6-8-16(9-7-15)24(2,3)4)30-31-23(32)34-14-19-27-21(25)29-22(26)28-19/h6-13H,5,14H2,1-4H3,(H4,25,26,27,28,29). The summed E-state index contributed by atoms with van der Waals surface area (Å²) in [6.07, 6.45) is 0. The maximum absolute atomic E-state index is 5.71. The number of benzene rings is 2. The molecule has 0 bridgehead atoms. The number of anilines is 2. The first-order valence-corrected chi connectivity index (χ1v) is 11.9. The number of hydrogen-bond donors (Lipinski definition) is 2. The summed E-state index contributed by atoms with van der Waals surface area (Å²) in [5, 5.41) is 9.68. The monoisotopic (exact) mass is 476 g/mol. The third-order valence-electron chi connectivity index (χ3n) is 5.10. The second-order valence-electron chi connectivity index (χ2n) is 8.65. The van der Waals surface area contributed by atoms with Gasteiger partial charge in [-0.15, -0.1) is 10.2 Å². The molecule has 0 radical (unpaired) electrons. The van der Waals surface area contributed by atoms with Crippen LogP contribution in [0.2, 0.25) is 0 Å². The smallest absolute Gasteiger partial charge is 0.225 e. The maximum Gasteiger partial charge on any atom is 0.225 e. The Labute approximate surface area is 203 Å². The van der Waals surface area contributed by atoms with Crippen molar-refractivity contribution in [2.75, 3.05) is 18.1 Å². The van der Waals surface area contributed by atoms with Gasteiger partial charge in [-0.2, -0.15) is 15.0 Å². The minimum absolute atomic E-state index is 0.0660.